The highest BCUT2D eigenvalue weighted by Crippen LogP contribution is 2.37. The monoisotopic (exact) mass is 321 g/mol. The van der Waals surface area contributed by atoms with Crippen molar-refractivity contribution in [1.82, 2.24) is 4.98 Å². The molecule has 0 aliphatic carbocycles. The summed E-state index contributed by atoms with van der Waals surface area (Å²) in [5, 5.41) is 5.21. The zero-order valence-corrected chi connectivity index (χ0v) is 14.4. The molecule has 0 atom stereocenters. The summed E-state index contributed by atoms with van der Waals surface area (Å²) in [6, 6.07) is 26.2. The van der Waals surface area contributed by atoms with Crippen LogP contribution in [0.2, 0.25) is 0 Å². The lowest BCUT2D eigenvalue weighted by molar-refractivity contribution is 1.43. The number of aromatic nitrogens is 1. The lowest BCUT2D eigenvalue weighted by Gasteiger charge is -2.13. The summed E-state index contributed by atoms with van der Waals surface area (Å²) in [6.07, 6.45) is 0. The molecule has 0 saturated heterocycles. The largest absolute Gasteiger partial charge is 0.354 e. The molecular weight excluding hydrogens is 302 g/mol. The highest BCUT2D eigenvalue weighted by atomic mass is 14.7. The fraction of sp³-hybridized carbons (Fsp3) is 0.0833. The van der Waals surface area contributed by atoms with Gasteiger partial charge in [0.25, 0.3) is 0 Å². The van der Waals surface area contributed by atoms with Crippen LogP contribution in [-0.4, -0.2) is 4.98 Å². The smallest absolute Gasteiger partial charge is 0.0547 e. The van der Waals surface area contributed by atoms with Gasteiger partial charge in [-0.3, -0.25) is 0 Å². The van der Waals surface area contributed by atoms with Crippen LogP contribution in [0.4, 0.5) is 0 Å². The molecule has 0 fully saturated rings. The lowest BCUT2D eigenvalue weighted by atomic mass is 9.92. The van der Waals surface area contributed by atoms with Crippen LogP contribution in [0.3, 0.4) is 0 Å². The second-order valence-corrected chi connectivity index (χ2v) is 6.81. The Bertz CT molecular complexity index is 1260. The predicted octanol–water partition coefficient (Wildman–Crippen LogP) is 6.76. The van der Waals surface area contributed by atoms with Gasteiger partial charge in [-0.15, -0.1) is 0 Å². The minimum Gasteiger partial charge on any atom is -0.354 e. The number of hydrogen-bond donors (Lipinski definition) is 1. The van der Waals surface area contributed by atoms with Gasteiger partial charge in [-0.1, -0.05) is 66.7 Å². The van der Waals surface area contributed by atoms with Gasteiger partial charge < -0.3 is 4.98 Å². The molecule has 25 heavy (non-hydrogen) atoms. The SMILES string of the molecule is Cc1ccccc1-c1ccc2ccc3c4ccccc4[nH]c3c2c1C. The Hall–Kier alpha value is -3.06. The summed E-state index contributed by atoms with van der Waals surface area (Å²) in [6.45, 7) is 4.43. The quantitative estimate of drug-likeness (QED) is 0.351. The van der Waals surface area contributed by atoms with Crippen LogP contribution in [-0.2, 0) is 0 Å². The Kier molecular flexibility index (Phi) is 2.98. The standard InChI is InChI=1S/C24H19N/c1-15-7-3-4-8-18(15)19-13-11-17-12-14-21-20-9-5-6-10-22(20)25-24(21)23(17)16(19)2/h3-14,25H,1-2H3. The Morgan fingerprint density at radius 3 is 2.28 bits per heavy atom. The number of nitrogens with one attached hydrogen (secondary N) is 1. The van der Waals surface area contributed by atoms with Gasteiger partial charge in [0.2, 0.25) is 0 Å². The summed E-state index contributed by atoms with van der Waals surface area (Å²) < 4.78 is 0. The minimum atomic E-state index is 1.20. The highest BCUT2D eigenvalue weighted by Gasteiger charge is 2.13. The molecule has 0 spiro atoms. The summed E-state index contributed by atoms with van der Waals surface area (Å²) in [7, 11) is 0. The van der Waals surface area contributed by atoms with E-state index in [4.69, 9.17) is 0 Å². The summed E-state index contributed by atoms with van der Waals surface area (Å²) in [5.41, 5.74) is 7.72. The van der Waals surface area contributed by atoms with E-state index in [2.05, 4.69) is 91.6 Å². The zero-order valence-electron chi connectivity index (χ0n) is 14.4. The Morgan fingerprint density at radius 1 is 0.640 bits per heavy atom. The van der Waals surface area contributed by atoms with Crippen molar-refractivity contribution >= 4 is 32.6 Å². The van der Waals surface area contributed by atoms with Gasteiger partial charge in [0.15, 0.2) is 0 Å². The third-order valence-electron chi connectivity index (χ3n) is 5.36. The van der Waals surface area contributed by atoms with Crippen LogP contribution in [0.25, 0.3) is 43.7 Å². The Morgan fingerprint density at radius 2 is 1.40 bits per heavy atom. The maximum absolute atomic E-state index is 3.66. The van der Waals surface area contributed by atoms with Gasteiger partial charge in [-0.25, -0.2) is 0 Å². The number of para-hydroxylation sites is 1. The predicted molar refractivity (Wildman–Crippen MR) is 108 cm³/mol. The molecule has 0 bridgehead atoms. The number of aromatic amines is 1. The van der Waals surface area contributed by atoms with E-state index in [1.165, 1.54) is 54.8 Å². The van der Waals surface area contributed by atoms with Crippen molar-refractivity contribution in [3.05, 3.63) is 83.9 Å². The topological polar surface area (TPSA) is 15.8 Å². The van der Waals surface area contributed by atoms with Gasteiger partial charge in [-0.2, -0.15) is 0 Å². The third kappa shape index (κ3) is 2.02. The normalized spacial score (nSPS) is 11.6. The van der Waals surface area contributed by atoms with E-state index < -0.39 is 0 Å². The average molecular weight is 321 g/mol. The molecule has 1 heteroatoms. The molecular formula is C24H19N. The Balaban J connectivity index is 1.93. The van der Waals surface area contributed by atoms with Crippen molar-refractivity contribution in [2.45, 2.75) is 13.8 Å². The molecule has 1 N–H and O–H groups in total. The number of fused-ring (bicyclic) bond motifs is 5. The van der Waals surface area contributed by atoms with E-state index in [9.17, 15) is 0 Å². The maximum Gasteiger partial charge on any atom is 0.0547 e. The van der Waals surface area contributed by atoms with Crippen molar-refractivity contribution in [3.8, 4) is 11.1 Å². The van der Waals surface area contributed by atoms with Crippen molar-refractivity contribution in [3.63, 3.8) is 0 Å². The first-order valence-electron chi connectivity index (χ1n) is 8.73. The third-order valence-corrected chi connectivity index (χ3v) is 5.36. The number of benzene rings is 4. The van der Waals surface area contributed by atoms with Gasteiger partial charge in [-0.05, 0) is 47.6 Å². The second-order valence-electron chi connectivity index (χ2n) is 6.81. The maximum atomic E-state index is 3.66. The number of rotatable bonds is 1. The van der Waals surface area contributed by atoms with Gasteiger partial charge in [0.1, 0.15) is 0 Å². The van der Waals surface area contributed by atoms with E-state index in [1.807, 2.05) is 0 Å². The number of H-pyrrole nitrogens is 1. The van der Waals surface area contributed by atoms with Crippen LogP contribution in [0.15, 0.2) is 72.8 Å². The van der Waals surface area contributed by atoms with Gasteiger partial charge >= 0.3 is 0 Å². The average Bonchev–Trinajstić information content (AvgIpc) is 3.01. The second kappa shape index (κ2) is 5.22. The van der Waals surface area contributed by atoms with Crippen LogP contribution >= 0.6 is 0 Å². The van der Waals surface area contributed by atoms with Crippen LogP contribution in [0, 0.1) is 13.8 Å². The van der Waals surface area contributed by atoms with E-state index >= 15 is 0 Å². The van der Waals surface area contributed by atoms with E-state index in [1.54, 1.807) is 0 Å². The van der Waals surface area contributed by atoms with E-state index in [0.29, 0.717) is 0 Å². The Labute approximate surface area is 146 Å². The van der Waals surface area contributed by atoms with Gasteiger partial charge in [0, 0.05) is 21.7 Å². The first-order chi connectivity index (χ1) is 12.2. The van der Waals surface area contributed by atoms with Crippen LogP contribution < -0.4 is 0 Å². The molecule has 0 amide bonds. The molecule has 0 aliphatic heterocycles. The fourth-order valence-corrected chi connectivity index (χ4v) is 4.08. The molecule has 1 aromatic heterocycles. The molecule has 0 unspecified atom stereocenters. The van der Waals surface area contributed by atoms with Crippen molar-refractivity contribution in [1.29, 1.82) is 0 Å². The molecule has 120 valence electrons. The summed E-state index contributed by atoms with van der Waals surface area (Å²) in [4.78, 5) is 3.66. The molecule has 5 aromatic rings. The molecule has 1 nitrogen and oxygen atoms in total. The highest BCUT2D eigenvalue weighted by molar-refractivity contribution is 6.18. The molecule has 0 radical (unpaired) electrons. The molecule has 4 aromatic carbocycles. The van der Waals surface area contributed by atoms with Gasteiger partial charge in [0.05, 0.1) is 5.52 Å². The first kappa shape index (κ1) is 14.3. The van der Waals surface area contributed by atoms with Crippen molar-refractivity contribution in [2.75, 3.05) is 0 Å². The molecule has 0 saturated carbocycles. The van der Waals surface area contributed by atoms with E-state index in [-0.39, 0.29) is 0 Å². The number of hydrogen-bond acceptors (Lipinski definition) is 0. The van der Waals surface area contributed by atoms with Crippen molar-refractivity contribution < 1.29 is 0 Å². The van der Waals surface area contributed by atoms with E-state index in [0.717, 1.165) is 0 Å². The van der Waals surface area contributed by atoms with Crippen molar-refractivity contribution in [2.24, 2.45) is 0 Å². The first-order valence-corrected chi connectivity index (χ1v) is 8.73. The van der Waals surface area contributed by atoms with Crippen LogP contribution in [0.1, 0.15) is 11.1 Å². The summed E-state index contributed by atoms with van der Waals surface area (Å²) in [5.74, 6) is 0. The molecule has 1 heterocycles. The number of aryl methyl sites for hydroxylation is 2. The minimum absolute atomic E-state index is 1.20. The summed E-state index contributed by atoms with van der Waals surface area (Å²) >= 11 is 0. The molecule has 0 aliphatic rings. The zero-order chi connectivity index (χ0) is 17.0. The molecule has 5 rings (SSSR count). The lowest BCUT2D eigenvalue weighted by Crippen LogP contribution is -1.89. The van der Waals surface area contributed by atoms with Crippen LogP contribution in [0.5, 0.6) is 0 Å². The fourth-order valence-electron chi connectivity index (χ4n) is 4.08.